The fourth-order valence-electron chi connectivity index (χ4n) is 1.39. The van der Waals surface area contributed by atoms with Crippen LogP contribution in [0.3, 0.4) is 0 Å². The van der Waals surface area contributed by atoms with Crippen molar-refractivity contribution < 1.29 is 19.0 Å². The van der Waals surface area contributed by atoms with Crippen LogP contribution < -0.4 is 5.32 Å². The number of carbonyl (C=O) groups excluding carboxylic acids is 1. The molecule has 1 amide bonds. The van der Waals surface area contributed by atoms with Gasteiger partial charge in [-0.15, -0.1) is 0 Å². The van der Waals surface area contributed by atoms with Crippen molar-refractivity contribution in [3.05, 3.63) is 0 Å². The molecule has 0 radical (unpaired) electrons. The molecule has 5 heteroatoms. The summed E-state index contributed by atoms with van der Waals surface area (Å²) in [5, 5.41) is 2.84. The molecule has 20 heavy (non-hydrogen) atoms. The number of rotatable bonds is 14. The Hall–Kier alpha value is -0.650. The first-order valence-corrected chi connectivity index (χ1v) is 7.73. The van der Waals surface area contributed by atoms with Gasteiger partial charge in [0.2, 0.25) is 5.91 Å². The van der Waals surface area contributed by atoms with Crippen LogP contribution in [-0.2, 0) is 19.0 Å². The van der Waals surface area contributed by atoms with Crippen molar-refractivity contribution in [1.82, 2.24) is 5.32 Å². The maximum Gasteiger partial charge on any atom is 0.222 e. The first-order chi connectivity index (χ1) is 9.72. The zero-order valence-electron chi connectivity index (χ0n) is 13.3. The molecule has 1 N–H and O–H groups in total. The number of nitrogens with one attached hydrogen (secondary N) is 1. The van der Waals surface area contributed by atoms with Crippen molar-refractivity contribution in [1.29, 1.82) is 0 Å². The molecule has 0 aromatic heterocycles. The van der Waals surface area contributed by atoms with Gasteiger partial charge in [-0.2, -0.15) is 0 Å². The standard InChI is InChI=1S/C15H31NO4/c1-4-6-8-18-10-12-20-13-11-19-9-7-16-15(17)14(3)5-2/h14H,4-13H2,1-3H3,(H,16,17). The van der Waals surface area contributed by atoms with Crippen LogP contribution in [0.25, 0.3) is 0 Å². The third-order valence-corrected chi connectivity index (χ3v) is 2.99. The molecule has 0 rings (SSSR count). The Labute approximate surface area is 123 Å². The normalized spacial score (nSPS) is 12.3. The Bertz CT molecular complexity index is 224. The molecule has 0 aromatic rings. The highest BCUT2D eigenvalue weighted by Gasteiger charge is 2.08. The minimum Gasteiger partial charge on any atom is -0.379 e. The van der Waals surface area contributed by atoms with Gasteiger partial charge in [0.15, 0.2) is 0 Å². The molecule has 0 saturated heterocycles. The Morgan fingerprint density at radius 3 is 2.05 bits per heavy atom. The van der Waals surface area contributed by atoms with E-state index in [2.05, 4.69) is 12.2 Å². The Morgan fingerprint density at radius 2 is 1.50 bits per heavy atom. The molecule has 0 aliphatic carbocycles. The SMILES string of the molecule is CCCCOCCOCCOCCNC(=O)C(C)CC. The Kier molecular flexibility index (Phi) is 14.3. The molecule has 0 spiro atoms. The monoisotopic (exact) mass is 289 g/mol. The number of unbranched alkanes of at least 4 members (excludes halogenated alkanes) is 1. The first kappa shape index (κ1) is 19.4. The molecule has 0 aliphatic rings. The average molecular weight is 289 g/mol. The van der Waals surface area contributed by atoms with E-state index in [1.807, 2.05) is 13.8 Å². The second-order valence-electron chi connectivity index (χ2n) is 4.79. The van der Waals surface area contributed by atoms with Crippen LogP contribution in [0.4, 0.5) is 0 Å². The quantitative estimate of drug-likeness (QED) is 0.497. The highest BCUT2D eigenvalue weighted by Crippen LogP contribution is 1.98. The van der Waals surface area contributed by atoms with Crippen LogP contribution in [0, 0.1) is 5.92 Å². The minimum atomic E-state index is 0.0750. The number of hydrogen-bond donors (Lipinski definition) is 1. The van der Waals surface area contributed by atoms with Gasteiger partial charge < -0.3 is 19.5 Å². The number of amides is 1. The van der Waals surface area contributed by atoms with Crippen LogP contribution >= 0.6 is 0 Å². The summed E-state index contributed by atoms with van der Waals surface area (Å²) >= 11 is 0. The lowest BCUT2D eigenvalue weighted by Crippen LogP contribution is -2.31. The van der Waals surface area contributed by atoms with Gasteiger partial charge in [0.05, 0.1) is 33.0 Å². The molecule has 0 fully saturated rings. The number of ether oxygens (including phenoxy) is 3. The van der Waals surface area contributed by atoms with Gasteiger partial charge in [-0.3, -0.25) is 4.79 Å². The molecule has 120 valence electrons. The van der Waals surface area contributed by atoms with Gasteiger partial charge in [0, 0.05) is 19.1 Å². The van der Waals surface area contributed by atoms with Gasteiger partial charge in [-0.1, -0.05) is 27.2 Å². The Morgan fingerprint density at radius 1 is 0.950 bits per heavy atom. The largest absolute Gasteiger partial charge is 0.379 e. The van der Waals surface area contributed by atoms with Gasteiger partial charge in [0.25, 0.3) is 0 Å². The van der Waals surface area contributed by atoms with Crippen LogP contribution in [0.15, 0.2) is 0 Å². The summed E-state index contributed by atoms with van der Waals surface area (Å²) in [6.45, 7) is 10.3. The van der Waals surface area contributed by atoms with E-state index in [0.717, 1.165) is 25.9 Å². The van der Waals surface area contributed by atoms with E-state index >= 15 is 0 Å². The summed E-state index contributed by atoms with van der Waals surface area (Å²) in [5.41, 5.74) is 0. The summed E-state index contributed by atoms with van der Waals surface area (Å²) < 4.78 is 16.1. The summed E-state index contributed by atoms with van der Waals surface area (Å²) in [5.74, 6) is 0.169. The van der Waals surface area contributed by atoms with Crippen LogP contribution in [0.1, 0.15) is 40.0 Å². The smallest absolute Gasteiger partial charge is 0.222 e. The molecule has 0 heterocycles. The topological polar surface area (TPSA) is 56.8 Å². The summed E-state index contributed by atoms with van der Waals surface area (Å²) in [7, 11) is 0. The molecular formula is C15H31NO4. The zero-order valence-corrected chi connectivity index (χ0v) is 13.3. The third kappa shape index (κ3) is 12.4. The summed E-state index contributed by atoms with van der Waals surface area (Å²) in [6, 6.07) is 0. The van der Waals surface area contributed by atoms with E-state index in [0.29, 0.717) is 39.6 Å². The molecule has 1 unspecified atom stereocenters. The van der Waals surface area contributed by atoms with Gasteiger partial charge in [-0.05, 0) is 12.8 Å². The lowest BCUT2D eigenvalue weighted by molar-refractivity contribution is -0.124. The van der Waals surface area contributed by atoms with E-state index < -0.39 is 0 Å². The molecule has 0 bridgehead atoms. The van der Waals surface area contributed by atoms with Crippen molar-refractivity contribution in [3.8, 4) is 0 Å². The average Bonchev–Trinajstić information content (AvgIpc) is 2.47. The highest BCUT2D eigenvalue weighted by atomic mass is 16.5. The maximum absolute atomic E-state index is 11.5. The van der Waals surface area contributed by atoms with Crippen molar-refractivity contribution in [2.24, 2.45) is 5.92 Å². The highest BCUT2D eigenvalue weighted by molar-refractivity contribution is 5.78. The van der Waals surface area contributed by atoms with E-state index in [-0.39, 0.29) is 11.8 Å². The van der Waals surface area contributed by atoms with E-state index in [1.54, 1.807) is 0 Å². The molecular weight excluding hydrogens is 258 g/mol. The fraction of sp³-hybridized carbons (Fsp3) is 0.933. The minimum absolute atomic E-state index is 0.0750. The van der Waals surface area contributed by atoms with Crippen LogP contribution in [0.2, 0.25) is 0 Å². The van der Waals surface area contributed by atoms with E-state index in [4.69, 9.17) is 14.2 Å². The molecule has 0 aliphatic heterocycles. The number of carbonyl (C=O) groups is 1. The van der Waals surface area contributed by atoms with Crippen LogP contribution in [-0.4, -0.2) is 52.1 Å². The van der Waals surface area contributed by atoms with Gasteiger partial charge in [-0.25, -0.2) is 0 Å². The lowest BCUT2D eigenvalue weighted by Gasteiger charge is -2.10. The second kappa shape index (κ2) is 14.8. The van der Waals surface area contributed by atoms with Crippen molar-refractivity contribution in [2.45, 2.75) is 40.0 Å². The lowest BCUT2D eigenvalue weighted by atomic mass is 10.1. The zero-order chi connectivity index (χ0) is 15.1. The maximum atomic E-state index is 11.5. The van der Waals surface area contributed by atoms with Gasteiger partial charge in [0.1, 0.15) is 0 Å². The second-order valence-corrected chi connectivity index (χ2v) is 4.79. The summed E-state index contributed by atoms with van der Waals surface area (Å²) in [4.78, 5) is 11.5. The molecule has 1 atom stereocenters. The predicted octanol–water partition coefficient (Wildman–Crippen LogP) is 2.00. The van der Waals surface area contributed by atoms with E-state index in [1.165, 1.54) is 0 Å². The van der Waals surface area contributed by atoms with Crippen molar-refractivity contribution in [3.63, 3.8) is 0 Å². The van der Waals surface area contributed by atoms with Crippen LogP contribution in [0.5, 0.6) is 0 Å². The predicted molar refractivity (Wildman–Crippen MR) is 79.8 cm³/mol. The summed E-state index contributed by atoms with van der Waals surface area (Å²) in [6.07, 6.45) is 3.12. The molecule has 5 nitrogen and oxygen atoms in total. The third-order valence-electron chi connectivity index (χ3n) is 2.99. The van der Waals surface area contributed by atoms with Gasteiger partial charge >= 0.3 is 0 Å². The number of hydrogen-bond acceptors (Lipinski definition) is 4. The fourth-order valence-corrected chi connectivity index (χ4v) is 1.39. The van der Waals surface area contributed by atoms with Crippen molar-refractivity contribution >= 4 is 5.91 Å². The Balaban J connectivity index is 3.11. The molecule has 0 saturated carbocycles. The first-order valence-electron chi connectivity index (χ1n) is 7.73. The molecule has 0 aromatic carbocycles. The van der Waals surface area contributed by atoms with Crippen molar-refractivity contribution in [2.75, 3.05) is 46.2 Å². The van der Waals surface area contributed by atoms with E-state index in [9.17, 15) is 4.79 Å².